The number of carbonyl (C=O) groups is 3. The van der Waals surface area contributed by atoms with Gasteiger partial charge in [0, 0.05) is 74.7 Å². The van der Waals surface area contributed by atoms with E-state index in [-0.39, 0.29) is 88.2 Å². The van der Waals surface area contributed by atoms with Gasteiger partial charge >= 0.3 is 18.3 Å². The fourth-order valence-electron chi connectivity index (χ4n) is 7.07. The number of carboxylic acid groups (broad SMARTS) is 1. The zero-order valence-corrected chi connectivity index (χ0v) is 29.5. The number of aliphatic carboxylic acids is 1. The molecule has 5 rings (SSSR count). The number of halogens is 7. The van der Waals surface area contributed by atoms with Crippen molar-refractivity contribution < 1.29 is 59.7 Å². The molecule has 1 aromatic carbocycles. The van der Waals surface area contributed by atoms with Gasteiger partial charge in [-0.1, -0.05) is 31.5 Å². The highest BCUT2D eigenvalue weighted by Crippen LogP contribution is 2.45. The van der Waals surface area contributed by atoms with Crippen LogP contribution < -0.4 is 9.47 Å². The Kier molecular flexibility index (Phi) is 11.9. The van der Waals surface area contributed by atoms with Crippen molar-refractivity contribution in [1.82, 2.24) is 14.8 Å². The lowest BCUT2D eigenvalue weighted by Crippen LogP contribution is -2.68. The summed E-state index contributed by atoms with van der Waals surface area (Å²) in [7, 11) is 0. The Balaban J connectivity index is 1.48. The van der Waals surface area contributed by atoms with Crippen molar-refractivity contribution in [2.24, 2.45) is 0 Å². The Morgan fingerprint density at radius 1 is 1.02 bits per heavy atom. The summed E-state index contributed by atoms with van der Waals surface area (Å²) < 4.78 is 112. The average Bonchev–Trinajstić information content (AvgIpc) is 3.60. The number of alkyl halides is 7. The molecule has 0 unspecified atom stereocenters. The number of para-hydroxylation sites is 1. The highest BCUT2D eigenvalue weighted by Gasteiger charge is 2.57. The van der Waals surface area contributed by atoms with Gasteiger partial charge in [0.1, 0.15) is 22.0 Å². The average molecular weight is 774 g/mol. The van der Waals surface area contributed by atoms with Crippen LogP contribution in [0.2, 0.25) is 0 Å². The largest absolute Gasteiger partial charge is 0.493 e. The van der Waals surface area contributed by atoms with Gasteiger partial charge in [-0.15, -0.1) is 11.3 Å². The van der Waals surface area contributed by atoms with Crippen LogP contribution in [0, 0.1) is 0 Å². The molecule has 0 saturated carbocycles. The van der Waals surface area contributed by atoms with Gasteiger partial charge in [-0.05, 0) is 31.4 Å². The Labute approximate surface area is 304 Å². The number of pyridine rings is 1. The predicted molar refractivity (Wildman–Crippen MR) is 178 cm³/mol. The first kappa shape index (κ1) is 39.8. The SMILES string of the molecule is CCC[C@H]1N(C(=O)c2cnccc2C(F)(F)F)CCC[C@]1(Oc1csc(C(F)(F)F)c1)C(=O)N1CCC(F)(c2ccccc2OCCCC(=O)O)CC1. The van der Waals surface area contributed by atoms with E-state index in [0.717, 1.165) is 28.7 Å². The Hall–Kier alpha value is -4.41. The predicted octanol–water partition coefficient (Wildman–Crippen LogP) is 8.13. The van der Waals surface area contributed by atoms with E-state index in [4.69, 9.17) is 14.6 Å². The Morgan fingerprint density at radius 3 is 2.38 bits per heavy atom. The number of carboxylic acids is 1. The van der Waals surface area contributed by atoms with Crippen LogP contribution in [0.5, 0.6) is 11.5 Å². The molecular weight excluding hydrogens is 735 g/mol. The van der Waals surface area contributed by atoms with E-state index in [1.807, 2.05) is 0 Å². The van der Waals surface area contributed by atoms with Gasteiger partial charge in [0.05, 0.1) is 23.8 Å². The van der Waals surface area contributed by atoms with E-state index >= 15 is 4.39 Å². The smallest absolute Gasteiger partial charge is 0.425 e. The zero-order chi connectivity index (χ0) is 38.6. The molecule has 9 nitrogen and oxygen atoms in total. The Bertz CT molecular complexity index is 1780. The van der Waals surface area contributed by atoms with Gasteiger partial charge < -0.3 is 24.4 Å². The molecular formula is C36H38F7N3O6S. The number of amides is 2. The fourth-order valence-corrected chi connectivity index (χ4v) is 7.75. The molecule has 0 bridgehead atoms. The molecule has 0 radical (unpaired) electrons. The first-order valence-electron chi connectivity index (χ1n) is 17.1. The summed E-state index contributed by atoms with van der Waals surface area (Å²) in [6, 6.07) is 6.55. The maximum atomic E-state index is 16.7. The monoisotopic (exact) mass is 773 g/mol. The molecule has 2 aliphatic heterocycles. The molecule has 2 fully saturated rings. The highest BCUT2D eigenvalue weighted by molar-refractivity contribution is 7.10. The van der Waals surface area contributed by atoms with E-state index in [2.05, 4.69) is 4.98 Å². The van der Waals surface area contributed by atoms with Crippen LogP contribution in [0.4, 0.5) is 30.7 Å². The van der Waals surface area contributed by atoms with Gasteiger partial charge in [0.25, 0.3) is 11.8 Å². The molecule has 17 heteroatoms. The summed E-state index contributed by atoms with van der Waals surface area (Å²) in [5, 5.41) is 10.0. The lowest BCUT2D eigenvalue weighted by atomic mass is 9.78. The summed E-state index contributed by atoms with van der Waals surface area (Å²) in [5.74, 6) is -2.87. The zero-order valence-electron chi connectivity index (χ0n) is 28.6. The summed E-state index contributed by atoms with van der Waals surface area (Å²) in [5.41, 5.74) is -5.78. The maximum Gasteiger partial charge on any atom is 0.425 e. The van der Waals surface area contributed by atoms with Crippen molar-refractivity contribution >= 4 is 29.1 Å². The third-order valence-electron chi connectivity index (χ3n) is 9.56. The van der Waals surface area contributed by atoms with E-state index in [1.54, 1.807) is 31.2 Å². The lowest BCUT2D eigenvalue weighted by Gasteiger charge is -2.51. The van der Waals surface area contributed by atoms with Crippen LogP contribution in [0.15, 0.2) is 54.2 Å². The number of hydrogen-bond donors (Lipinski definition) is 1. The number of thiophene rings is 1. The minimum Gasteiger partial charge on any atom is -0.493 e. The van der Waals surface area contributed by atoms with Crippen molar-refractivity contribution in [1.29, 1.82) is 0 Å². The molecule has 288 valence electrons. The van der Waals surface area contributed by atoms with Crippen molar-refractivity contribution in [2.75, 3.05) is 26.2 Å². The molecule has 2 amide bonds. The molecule has 4 heterocycles. The molecule has 0 aliphatic carbocycles. The van der Waals surface area contributed by atoms with E-state index in [1.165, 1.54) is 4.90 Å². The number of ether oxygens (including phenoxy) is 2. The number of hydrogen-bond acceptors (Lipinski definition) is 7. The fraction of sp³-hybridized carbons (Fsp3) is 0.500. The van der Waals surface area contributed by atoms with Crippen LogP contribution in [0.25, 0.3) is 0 Å². The van der Waals surface area contributed by atoms with Gasteiger partial charge in [-0.3, -0.25) is 19.4 Å². The van der Waals surface area contributed by atoms with Crippen LogP contribution in [-0.4, -0.2) is 75.6 Å². The van der Waals surface area contributed by atoms with Crippen LogP contribution in [0.1, 0.15) is 84.7 Å². The molecule has 3 aromatic rings. The number of aromatic nitrogens is 1. The number of piperidine rings is 2. The summed E-state index contributed by atoms with van der Waals surface area (Å²) in [6.45, 7) is 1.35. The van der Waals surface area contributed by atoms with E-state index in [9.17, 15) is 40.7 Å². The normalized spacial score (nSPS) is 20.6. The van der Waals surface area contributed by atoms with Gasteiger partial charge in [-0.2, -0.15) is 26.3 Å². The molecule has 2 saturated heterocycles. The number of rotatable bonds is 12. The second kappa shape index (κ2) is 15.9. The molecule has 1 N–H and O–H groups in total. The maximum absolute atomic E-state index is 16.7. The van der Waals surface area contributed by atoms with Crippen LogP contribution in [-0.2, 0) is 27.6 Å². The van der Waals surface area contributed by atoms with Crippen molar-refractivity contribution in [3.63, 3.8) is 0 Å². The van der Waals surface area contributed by atoms with Gasteiger partial charge in [0.15, 0.2) is 0 Å². The number of benzene rings is 1. The third-order valence-corrected chi connectivity index (χ3v) is 10.5. The summed E-state index contributed by atoms with van der Waals surface area (Å²) in [6.07, 6.45) is -7.97. The van der Waals surface area contributed by atoms with Crippen molar-refractivity contribution in [3.05, 3.63) is 75.7 Å². The second-order valence-electron chi connectivity index (χ2n) is 13.1. The second-order valence-corrected chi connectivity index (χ2v) is 14.0. The summed E-state index contributed by atoms with van der Waals surface area (Å²) in [4.78, 5) is 44.9. The molecule has 2 aliphatic rings. The molecule has 0 spiro atoms. The molecule has 2 aromatic heterocycles. The topological polar surface area (TPSA) is 109 Å². The molecule has 53 heavy (non-hydrogen) atoms. The quantitative estimate of drug-likeness (QED) is 0.146. The lowest BCUT2D eigenvalue weighted by molar-refractivity contribution is -0.162. The number of nitrogens with zero attached hydrogens (tertiary/aromatic N) is 3. The Morgan fingerprint density at radius 2 is 1.74 bits per heavy atom. The summed E-state index contributed by atoms with van der Waals surface area (Å²) >= 11 is 0.342. The third kappa shape index (κ3) is 8.71. The van der Waals surface area contributed by atoms with Gasteiger partial charge in [-0.25, -0.2) is 4.39 Å². The first-order valence-corrected chi connectivity index (χ1v) is 18.0. The number of likely N-dealkylation sites (tertiary alicyclic amines) is 2. The van der Waals surface area contributed by atoms with E-state index in [0.29, 0.717) is 23.8 Å². The highest BCUT2D eigenvalue weighted by atomic mass is 32.1. The minimum absolute atomic E-state index is 0.0278. The first-order chi connectivity index (χ1) is 25.0. The standard InChI is InChI=1S/C36H38F7N3O6S/c1-2-7-28-34(52-23-20-29(53-22-23)36(41,42)43,12-6-16-46(28)31(49)24-21-44-15-11-25(24)35(38,39)40)32(50)45-17-13-33(37,14-18-45)26-8-3-4-9-27(26)51-19-5-10-30(47)48/h3-4,8-9,11,15,20-22,28H,2,5-7,10,12-14,16-19H2,1H3,(H,47,48)/t28-,34-/m1/s1. The minimum atomic E-state index is -4.91. The van der Waals surface area contributed by atoms with Crippen LogP contribution in [0.3, 0.4) is 0 Å². The van der Waals surface area contributed by atoms with Crippen LogP contribution >= 0.6 is 11.3 Å². The number of carbonyl (C=O) groups excluding carboxylic acids is 2. The van der Waals surface area contributed by atoms with Gasteiger partial charge in [0.2, 0.25) is 5.60 Å². The van der Waals surface area contributed by atoms with Crippen molar-refractivity contribution in [3.8, 4) is 11.5 Å². The van der Waals surface area contributed by atoms with E-state index < -0.39 is 63.5 Å². The molecule has 2 atom stereocenters. The van der Waals surface area contributed by atoms with Crippen molar-refractivity contribution in [2.45, 2.75) is 88.0 Å².